The molecule has 1 aromatic carbocycles. The van der Waals surface area contributed by atoms with Gasteiger partial charge in [-0.2, -0.15) is 0 Å². The Balaban J connectivity index is 2.31. The second kappa shape index (κ2) is 4.80. The van der Waals surface area contributed by atoms with Crippen molar-refractivity contribution in [1.82, 2.24) is 0 Å². The SMILES string of the molecule is O=C(CO)COc1cc2ccccc2oc1=O. The summed E-state index contributed by atoms with van der Waals surface area (Å²) in [7, 11) is 0. The predicted molar refractivity (Wildman–Crippen MR) is 60.1 cm³/mol. The highest BCUT2D eigenvalue weighted by Gasteiger charge is 2.08. The molecule has 0 atom stereocenters. The maximum atomic E-state index is 11.5. The molecule has 5 heteroatoms. The second-order valence-corrected chi connectivity index (χ2v) is 3.42. The van der Waals surface area contributed by atoms with E-state index in [-0.39, 0.29) is 12.4 Å². The van der Waals surface area contributed by atoms with E-state index in [1.807, 2.05) is 0 Å². The summed E-state index contributed by atoms with van der Waals surface area (Å²) >= 11 is 0. The van der Waals surface area contributed by atoms with E-state index in [0.29, 0.717) is 11.0 Å². The number of carbonyl (C=O) groups excluding carboxylic acids is 1. The normalized spacial score (nSPS) is 10.4. The Morgan fingerprint density at radius 1 is 1.35 bits per heavy atom. The van der Waals surface area contributed by atoms with Crippen molar-refractivity contribution in [3.8, 4) is 5.75 Å². The van der Waals surface area contributed by atoms with Gasteiger partial charge in [-0.25, -0.2) is 4.79 Å². The number of para-hydroxylation sites is 1. The lowest BCUT2D eigenvalue weighted by Gasteiger charge is -2.03. The lowest BCUT2D eigenvalue weighted by molar-refractivity contribution is -0.123. The third-order valence-electron chi connectivity index (χ3n) is 2.17. The molecule has 0 bridgehead atoms. The minimum atomic E-state index is -0.644. The largest absolute Gasteiger partial charge is 0.478 e. The van der Waals surface area contributed by atoms with Gasteiger partial charge >= 0.3 is 5.63 Å². The molecule has 0 aliphatic heterocycles. The van der Waals surface area contributed by atoms with Gasteiger partial charge in [-0.1, -0.05) is 18.2 Å². The molecular weight excluding hydrogens is 224 g/mol. The Bertz CT molecular complexity index is 599. The van der Waals surface area contributed by atoms with E-state index in [0.717, 1.165) is 0 Å². The van der Waals surface area contributed by atoms with Crippen LogP contribution in [0.1, 0.15) is 0 Å². The number of aliphatic hydroxyl groups is 1. The molecule has 88 valence electrons. The Labute approximate surface area is 96.2 Å². The highest BCUT2D eigenvalue weighted by molar-refractivity contribution is 5.81. The van der Waals surface area contributed by atoms with Crippen LogP contribution in [0.15, 0.2) is 39.5 Å². The van der Waals surface area contributed by atoms with Gasteiger partial charge in [-0.3, -0.25) is 4.79 Å². The van der Waals surface area contributed by atoms with Gasteiger partial charge in [0, 0.05) is 5.39 Å². The van der Waals surface area contributed by atoms with Crippen molar-refractivity contribution in [2.24, 2.45) is 0 Å². The smallest absolute Gasteiger partial charge is 0.379 e. The number of Topliss-reactive ketones (excluding diaryl/α,β-unsaturated/α-hetero) is 1. The molecule has 2 rings (SSSR count). The monoisotopic (exact) mass is 234 g/mol. The van der Waals surface area contributed by atoms with Crippen LogP contribution in [0.5, 0.6) is 5.75 Å². The molecule has 0 unspecified atom stereocenters. The van der Waals surface area contributed by atoms with Crippen molar-refractivity contribution in [2.75, 3.05) is 13.2 Å². The van der Waals surface area contributed by atoms with E-state index in [1.165, 1.54) is 6.07 Å². The molecule has 0 radical (unpaired) electrons. The van der Waals surface area contributed by atoms with E-state index in [1.54, 1.807) is 24.3 Å². The van der Waals surface area contributed by atoms with Gasteiger partial charge < -0.3 is 14.3 Å². The van der Waals surface area contributed by atoms with Crippen LogP contribution in [0.4, 0.5) is 0 Å². The molecule has 5 nitrogen and oxygen atoms in total. The van der Waals surface area contributed by atoms with Crippen molar-refractivity contribution in [2.45, 2.75) is 0 Å². The molecule has 0 spiro atoms. The third-order valence-corrected chi connectivity index (χ3v) is 2.17. The highest BCUT2D eigenvalue weighted by atomic mass is 16.5. The van der Waals surface area contributed by atoms with Crippen molar-refractivity contribution < 1.29 is 19.1 Å². The second-order valence-electron chi connectivity index (χ2n) is 3.42. The van der Waals surface area contributed by atoms with Gasteiger partial charge in [0.25, 0.3) is 0 Å². The molecule has 17 heavy (non-hydrogen) atoms. The van der Waals surface area contributed by atoms with E-state index in [2.05, 4.69) is 0 Å². The quantitative estimate of drug-likeness (QED) is 0.789. The fourth-order valence-corrected chi connectivity index (χ4v) is 1.35. The standard InChI is InChI=1S/C12H10O5/c13-6-9(14)7-16-11-5-8-3-1-2-4-10(8)17-12(11)15/h1-5,13H,6-7H2. The Hall–Kier alpha value is -2.14. The van der Waals surface area contributed by atoms with E-state index < -0.39 is 18.0 Å². The summed E-state index contributed by atoms with van der Waals surface area (Å²) in [5.74, 6) is -0.539. The van der Waals surface area contributed by atoms with Crippen LogP contribution < -0.4 is 10.4 Å². The average molecular weight is 234 g/mol. The Morgan fingerprint density at radius 2 is 2.12 bits per heavy atom. The van der Waals surface area contributed by atoms with Gasteiger partial charge in [-0.05, 0) is 12.1 Å². The summed E-state index contributed by atoms with van der Waals surface area (Å²) in [5, 5.41) is 9.23. The van der Waals surface area contributed by atoms with Crippen LogP contribution in [0, 0.1) is 0 Å². The summed E-state index contributed by atoms with van der Waals surface area (Å²) in [6, 6.07) is 8.48. The lowest BCUT2D eigenvalue weighted by Crippen LogP contribution is -2.17. The zero-order valence-corrected chi connectivity index (χ0v) is 8.88. The molecule has 0 amide bonds. The van der Waals surface area contributed by atoms with Crippen molar-refractivity contribution in [3.05, 3.63) is 40.8 Å². The number of fused-ring (bicyclic) bond motifs is 1. The van der Waals surface area contributed by atoms with Crippen LogP contribution in [0.2, 0.25) is 0 Å². The number of hydrogen-bond acceptors (Lipinski definition) is 5. The molecule has 0 saturated heterocycles. The van der Waals surface area contributed by atoms with Crippen LogP contribution in [0.25, 0.3) is 11.0 Å². The van der Waals surface area contributed by atoms with Crippen LogP contribution in [-0.4, -0.2) is 24.1 Å². The average Bonchev–Trinajstić information content (AvgIpc) is 2.35. The van der Waals surface area contributed by atoms with E-state index >= 15 is 0 Å². The first-order chi connectivity index (χ1) is 8.20. The highest BCUT2D eigenvalue weighted by Crippen LogP contribution is 2.16. The van der Waals surface area contributed by atoms with Crippen LogP contribution in [-0.2, 0) is 4.79 Å². The van der Waals surface area contributed by atoms with E-state index in [9.17, 15) is 9.59 Å². The van der Waals surface area contributed by atoms with Crippen LogP contribution >= 0.6 is 0 Å². The first kappa shape index (κ1) is 11.3. The fourth-order valence-electron chi connectivity index (χ4n) is 1.35. The molecule has 0 fully saturated rings. The summed E-state index contributed by atoms with van der Waals surface area (Å²) in [6.07, 6.45) is 0. The van der Waals surface area contributed by atoms with Gasteiger partial charge in [0.1, 0.15) is 18.8 Å². The zero-order chi connectivity index (χ0) is 12.3. The minimum Gasteiger partial charge on any atom is -0.478 e. The van der Waals surface area contributed by atoms with Crippen molar-refractivity contribution >= 4 is 16.8 Å². The van der Waals surface area contributed by atoms with Gasteiger partial charge in [0.15, 0.2) is 5.78 Å². The van der Waals surface area contributed by atoms with Gasteiger partial charge in [-0.15, -0.1) is 0 Å². The first-order valence-electron chi connectivity index (χ1n) is 4.99. The van der Waals surface area contributed by atoms with Crippen molar-refractivity contribution in [3.63, 3.8) is 0 Å². The summed E-state index contributed by atoms with van der Waals surface area (Å²) in [4.78, 5) is 22.3. The fraction of sp³-hybridized carbons (Fsp3) is 0.167. The molecule has 0 aliphatic rings. The predicted octanol–water partition coefficient (Wildman–Crippen LogP) is 0.733. The van der Waals surface area contributed by atoms with Crippen LogP contribution in [0.3, 0.4) is 0 Å². The minimum absolute atomic E-state index is 0.0366. The summed E-state index contributed by atoms with van der Waals surface area (Å²) in [5.41, 5.74) is -0.187. The topological polar surface area (TPSA) is 76.7 Å². The molecule has 2 aromatic rings. The molecule has 0 saturated carbocycles. The molecule has 1 aromatic heterocycles. The number of rotatable bonds is 4. The molecular formula is C12H10O5. The van der Waals surface area contributed by atoms with Gasteiger partial charge in [0.2, 0.25) is 5.75 Å². The van der Waals surface area contributed by atoms with Crippen molar-refractivity contribution in [1.29, 1.82) is 0 Å². The molecule has 1 N–H and O–H groups in total. The number of carbonyl (C=O) groups is 1. The summed E-state index contributed by atoms with van der Waals surface area (Å²) < 4.78 is 9.99. The third kappa shape index (κ3) is 2.51. The molecule has 1 heterocycles. The molecule has 0 aliphatic carbocycles. The number of ether oxygens (including phenoxy) is 1. The summed E-state index contributed by atoms with van der Waals surface area (Å²) in [6.45, 7) is -0.960. The first-order valence-corrected chi connectivity index (χ1v) is 4.99. The Kier molecular flexibility index (Phi) is 3.20. The maximum Gasteiger partial charge on any atom is 0.379 e. The number of benzene rings is 1. The maximum absolute atomic E-state index is 11.5. The van der Waals surface area contributed by atoms with E-state index in [4.69, 9.17) is 14.3 Å². The lowest BCUT2D eigenvalue weighted by atomic mass is 10.2. The Morgan fingerprint density at radius 3 is 2.88 bits per heavy atom. The zero-order valence-electron chi connectivity index (χ0n) is 8.88. The number of ketones is 1. The van der Waals surface area contributed by atoms with Gasteiger partial charge in [0.05, 0.1) is 0 Å². The number of aliphatic hydroxyl groups excluding tert-OH is 1. The number of hydrogen-bond donors (Lipinski definition) is 1.